The monoisotopic (exact) mass is 218 g/mol. The Balaban J connectivity index is 3.01. The van der Waals surface area contributed by atoms with Crippen LogP contribution in [0.4, 0.5) is 0 Å². The topological polar surface area (TPSA) is 73.6 Å². The molecule has 90 valence electrons. The maximum absolute atomic E-state index is 11.0. The molecule has 0 aromatic heterocycles. The van der Waals surface area contributed by atoms with E-state index in [4.69, 9.17) is 15.2 Å². The summed E-state index contributed by atoms with van der Waals surface area (Å²) in [5.41, 5.74) is 5.24. The van der Waals surface area contributed by atoms with Gasteiger partial charge in [0, 0.05) is 19.5 Å². The van der Waals surface area contributed by atoms with Gasteiger partial charge in [-0.3, -0.25) is 4.79 Å². The van der Waals surface area contributed by atoms with E-state index in [1.54, 1.807) is 0 Å². The number of nitrogens with one attached hydrogen (secondary N) is 1. The molecule has 0 rings (SSSR count). The van der Waals surface area contributed by atoms with E-state index in [1.807, 2.05) is 6.92 Å². The lowest BCUT2D eigenvalue weighted by Crippen LogP contribution is -2.27. The Hall–Kier alpha value is -0.650. The summed E-state index contributed by atoms with van der Waals surface area (Å²) in [5.74, 6) is 0.0838. The summed E-state index contributed by atoms with van der Waals surface area (Å²) >= 11 is 0. The standard InChI is InChI=1S/C10H22N2O3/c1-2-3-10(13)12-5-7-15-9-8-14-6-4-11/h2-9,11H2,1H3,(H,12,13). The fourth-order valence-corrected chi connectivity index (χ4v) is 0.983. The van der Waals surface area contributed by atoms with Gasteiger partial charge in [0.15, 0.2) is 0 Å². The molecule has 5 nitrogen and oxygen atoms in total. The second-order valence-electron chi connectivity index (χ2n) is 3.11. The predicted octanol–water partition coefficient (Wildman–Crippen LogP) is -0.105. The molecule has 0 aromatic rings. The van der Waals surface area contributed by atoms with E-state index in [0.29, 0.717) is 45.9 Å². The van der Waals surface area contributed by atoms with Crippen molar-refractivity contribution in [3.63, 3.8) is 0 Å². The quantitative estimate of drug-likeness (QED) is 0.502. The van der Waals surface area contributed by atoms with Crippen LogP contribution in [0.3, 0.4) is 0 Å². The van der Waals surface area contributed by atoms with Gasteiger partial charge < -0.3 is 20.5 Å². The van der Waals surface area contributed by atoms with Crippen LogP contribution in [0.15, 0.2) is 0 Å². The highest BCUT2D eigenvalue weighted by Crippen LogP contribution is 1.85. The van der Waals surface area contributed by atoms with Crippen molar-refractivity contribution in [1.82, 2.24) is 5.32 Å². The van der Waals surface area contributed by atoms with Gasteiger partial charge >= 0.3 is 0 Å². The molecule has 3 N–H and O–H groups in total. The van der Waals surface area contributed by atoms with Gasteiger partial charge in [-0.2, -0.15) is 0 Å². The summed E-state index contributed by atoms with van der Waals surface area (Å²) in [7, 11) is 0. The zero-order valence-electron chi connectivity index (χ0n) is 9.46. The van der Waals surface area contributed by atoms with Crippen molar-refractivity contribution in [2.75, 3.05) is 39.5 Å². The van der Waals surface area contributed by atoms with Crippen molar-refractivity contribution < 1.29 is 14.3 Å². The Bertz CT molecular complexity index is 154. The molecule has 0 heterocycles. The van der Waals surface area contributed by atoms with Crippen molar-refractivity contribution in [1.29, 1.82) is 0 Å². The van der Waals surface area contributed by atoms with Gasteiger partial charge in [-0.15, -0.1) is 0 Å². The molecule has 5 heteroatoms. The van der Waals surface area contributed by atoms with Crippen LogP contribution < -0.4 is 11.1 Å². The van der Waals surface area contributed by atoms with E-state index in [0.717, 1.165) is 6.42 Å². The number of rotatable bonds is 10. The normalized spacial score (nSPS) is 10.3. The van der Waals surface area contributed by atoms with E-state index >= 15 is 0 Å². The van der Waals surface area contributed by atoms with Crippen LogP contribution in [0.1, 0.15) is 19.8 Å². The zero-order valence-corrected chi connectivity index (χ0v) is 9.46. The van der Waals surface area contributed by atoms with E-state index in [1.165, 1.54) is 0 Å². The lowest BCUT2D eigenvalue weighted by Gasteiger charge is -2.06. The second kappa shape index (κ2) is 11.4. The number of amides is 1. The first-order valence-electron chi connectivity index (χ1n) is 5.43. The van der Waals surface area contributed by atoms with Crippen LogP contribution in [0.2, 0.25) is 0 Å². The van der Waals surface area contributed by atoms with Crippen LogP contribution in [0, 0.1) is 0 Å². The van der Waals surface area contributed by atoms with Crippen LogP contribution in [0.25, 0.3) is 0 Å². The van der Waals surface area contributed by atoms with Crippen molar-refractivity contribution in [2.24, 2.45) is 5.73 Å². The van der Waals surface area contributed by atoms with E-state index in [2.05, 4.69) is 5.32 Å². The van der Waals surface area contributed by atoms with Gasteiger partial charge in [-0.05, 0) is 6.42 Å². The lowest BCUT2D eigenvalue weighted by molar-refractivity contribution is -0.121. The SMILES string of the molecule is CCCC(=O)NCCOCCOCCN. The Morgan fingerprint density at radius 1 is 1.20 bits per heavy atom. The molecule has 0 aliphatic heterocycles. The maximum atomic E-state index is 11.0. The molecule has 15 heavy (non-hydrogen) atoms. The highest BCUT2D eigenvalue weighted by Gasteiger charge is 1.97. The molecule has 0 aliphatic carbocycles. The summed E-state index contributed by atoms with van der Waals surface area (Å²) < 4.78 is 10.3. The number of hydrogen-bond acceptors (Lipinski definition) is 4. The Kier molecular flexibility index (Phi) is 10.9. The van der Waals surface area contributed by atoms with Gasteiger partial charge in [0.2, 0.25) is 5.91 Å². The third kappa shape index (κ3) is 11.3. The predicted molar refractivity (Wildman–Crippen MR) is 58.6 cm³/mol. The summed E-state index contributed by atoms with van der Waals surface area (Å²) in [4.78, 5) is 11.0. The molecule has 0 aliphatic rings. The van der Waals surface area contributed by atoms with Crippen LogP contribution in [-0.2, 0) is 14.3 Å². The first-order chi connectivity index (χ1) is 7.31. The summed E-state index contributed by atoms with van der Waals surface area (Å²) in [6.07, 6.45) is 1.46. The molecule has 0 fully saturated rings. The van der Waals surface area contributed by atoms with Crippen LogP contribution in [-0.4, -0.2) is 45.4 Å². The average molecular weight is 218 g/mol. The first kappa shape index (κ1) is 14.3. The summed E-state index contributed by atoms with van der Waals surface area (Å²) in [6, 6.07) is 0. The highest BCUT2D eigenvalue weighted by atomic mass is 16.5. The van der Waals surface area contributed by atoms with Crippen molar-refractivity contribution in [3.8, 4) is 0 Å². The van der Waals surface area contributed by atoms with Crippen LogP contribution >= 0.6 is 0 Å². The van der Waals surface area contributed by atoms with Gasteiger partial charge in [0.05, 0.1) is 26.4 Å². The lowest BCUT2D eigenvalue weighted by atomic mass is 10.3. The minimum atomic E-state index is 0.0838. The summed E-state index contributed by atoms with van der Waals surface area (Å²) in [6.45, 7) is 5.27. The molecule has 0 saturated heterocycles. The molecule has 0 spiro atoms. The molecule has 1 amide bonds. The third-order valence-electron chi connectivity index (χ3n) is 1.68. The van der Waals surface area contributed by atoms with Crippen molar-refractivity contribution in [2.45, 2.75) is 19.8 Å². The highest BCUT2D eigenvalue weighted by molar-refractivity contribution is 5.75. The second-order valence-corrected chi connectivity index (χ2v) is 3.11. The molecule has 0 aromatic carbocycles. The molecular formula is C10H22N2O3. The molecule has 0 saturated carbocycles. The van der Waals surface area contributed by atoms with Gasteiger partial charge in [-0.1, -0.05) is 6.92 Å². The van der Waals surface area contributed by atoms with Gasteiger partial charge in [0.1, 0.15) is 0 Å². The van der Waals surface area contributed by atoms with E-state index in [9.17, 15) is 4.79 Å². The van der Waals surface area contributed by atoms with E-state index < -0.39 is 0 Å². The molecule has 0 atom stereocenters. The number of carbonyl (C=O) groups is 1. The minimum Gasteiger partial charge on any atom is -0.378 e. The minimum absolute atomic E-state index is 0.0838. The van der Waals surface area contributed by atoms with Crippen molar-refractivity contribution >= 4 is 5.91 Å². The fraction of sp³-hybridized carbons (Fsp3) is 0.900. The smallest absolute Gasteiger partial charge is 0.220 e. The number of nitrogens with two attached hydrogens (primary N) is 1. The Morgan fingerprint density at radius 3 is 2.47 bits per heavy atom. The average Bonchev–Trinajstić information content (AvgIpc) is 2.22. The number of hydrogen-bond donors (Lipinski definition) is 2. The zero-order chi connectivity index (χ0) is 11.4. The largest absolute Gasteiger partial charge is 0.378 e. The third-order valence-corrected chi connectivity index (χ3v) is 1.68. The van der Waals surface area contributed by atoms with E-state index in [-0.39, 0.29) is 5.91 Å². The first-order valence-corrected chi connectivity index (χ1v) is 5.43. The fourth-order valence-electron chi connectivity index (χ4n) is 0.983. The Morgan fingerprint density at radius 2 is 1.87 bits per heavy atom. The van der Waals surface area contributed by atoms with Crippen LogP contribution in [0.5, 0.6) is 0 Å². The molecular weight excluding hydrogens is 196 g/mol. The molecule has 0 unspecified atom stereocenters. The summed E-state index contributed by atoms with van der Waals surface area (Å²) in [5, 5.41) is 2.76. The van der Waals surface area contributed by atoms with Gasteiger partial charge in [0.25, 0.3) is 0 Å². The van der Waals surface area contributed by atoms with Crippen molar-refractivity contribution in [3.05, 3.63) is 0 Å². The molecule has 0 bridgehead atoms. The molecule has 0 radical (unpaired) electrons. The number of carbonyl (C=O) groups excluding carboxylic acids is 1. The number of ether oxygens (including phenoxy) is 2. The Labute approximate surface area is 91.3 Å². The van der Waals surface area contributed by atoms with Gasteiger partial charge in [-0.25, -0.2) is 0 Å². The maximum Gasteiger partial charge on any atom is 0.220 e.